The van der Waals surface area contributed by atoms with Gasteiger partial charge >= 0.3 is 0 Å². The summed E-state index contributed by atoms with van der Waals surface area (Å²) in [4.78, 5) is 83.7. The standard InChI is InChI=1S/C42H43ClFN9O6/c1-45-33-7-6-28(14-31(33)43)59-27-4-2-25(3-5-27)48-39(55)34-17-47-37(18-46-34)50-12-10-26(11-13-50)51-19-23-21-52(22-24(23)20-51)36-16-30-29(15-32(36)44)41(57)53(42(30)58)35-8-9-38(54)49-40(35)56/h6-7,14-18,23-27,35H,2-5,8-13,19-22H2,(H,48,55)(H,49,54,56). The minimum absolute atomic E-state index is 0.0109. The molecule has 0 spiro atoms. The molecule has 6 aliphatic rings. The molecule has 6 heterocycles. The average Bonchev–Trinajstić information content (AvgIpc) is 3.89. The first-order valence-electron chi connectivity index (χ1n) is 20.3. The zero-order valence-electron chi connectivity index (χ0n) is 32.2. The first-order chi connectivity index (χ1) is 28.5. The maximum absolute atomic E-state index is 15.6. The van der Waals surface area contributed by atoms with Crippen molar-refractivity contribution in [3.05, 3.63) is 81.8 Å². The Kier molecular flexibility index (Phi) is 10.4. The number of hydrogen-bond acceptors (Lipinski definition) is 11. The van der Waals surface area contributed by atoms with E-state index in [2.05, 4.69) is 35.2 Å². The van der Waals surface area contributed by atoms with E-state index in [0.717, 1.165) is 81.5 Å². The van der Waals surface area contributed by atoms with Gasteiger partial charge in [-0.3, -0.25) is 39.1 Å². The first-order valence-corrected chi connectivity index (χ1v) is 20.7. The van der Waals surface area contributed by atoms with Gasteiger partial charge in [0.1, 0.15) is 29.1 Å². The van der Waals surface area contributed by atoms with E-state index in [0.29, 0.717) is 47.4 Å². The van der Waals surface area contributed by atoms with Crippen molar-refractivity contribution in [2.24, 2.45) is 11.8 Å². The number of nitrogens with one attached hydrogen (secondary N) is 2. The number of fused-ring (bicyclic) bond motifs is 2. The Morgan fingerprint density at radius 3 is 2.24 bits per heavy atom. The van der Waals surface area contributed by atoms with Gasteiger partial charge in [-0.1, -0.05) is 17.7 Å². The van der Waals surface area contributed by atoms with Crippen molar-refractivity contribution >= 4 is 58.3 Å². The lowest BCUT2D eigenvalue weighted by Gasteiger charge is -2.37. The Balaban J connectivity index is 0.727. The SMILES string of the molecule is [C-]#[N+]c1ccc(OC2CCC(NC(=O)c3cnc(N4CCC(N5CC6CN(c7cc8c(cc7F)C(=O)N(C7CCC(=O)NC7=O)C8=O)CC6C5)CC4)cn3)CC2)cc1Cl. The summed E-state index contributed by atoms with van der Waals surface area (Å²) in [6, 6.07) is 6.97. The maximum atomic E-state index is 15.6. The van der Waals surface area contributed by atoms with Crippen molar-refractivity contribution in [1.29, 1.82) is 0 Å². The van der Waals surface area contributed by atoms with Crippen LogP contribution in [0.2, 0.25) is 5.02 Å². The molecule has 3 aromatic rings. The molecule has 3 unspecified atom stereocenters. The van der Waals surface area contributed by atoms with Crippen LogP contribution in [0.15, 0.2) is 42.7 Å². The van der Waals surface area contributed by atoms with Crippen molar-refractivity contribution in [1.82, 2.24) is 30.4 Å². The summed E-state index contributed by atoms with van der Waals surface area (Å²) in [7, 11) is 0. The van der Waals surface area contributed by atoms with Crippen LogP contribution >= 0.6 is 11.6 Å². The number of likely N-dealkylation sites (tertiary alicyclic amines) is 1. The van der Waals surface area contributed by atoms with Gasteiger partial charge < -0.3 is 19.9 Å². The van der Waals surface area contributed by atoms with Crippen molar-refractivity contribution in [3.63, 3.8) is 0 Å². The molecule has 5 amide bonds. The molecule has 0 bridgehead atoms. The Morgan fingerprint density at radius 2 is 1.59 bits per heavy atom. The van der Waals surface area contributed by atoms with Crippen LogP contribution < -0.4 is 25.2 Å². The summed E-state index contributed by atoms with van der Waals surface area (Å²) in [5, 5.41) is 5.66. The van der Waals surface area contributed by atoms with Crippen LogP contribution in [0.25, 0.3) is 4.85 Å². The third-order valence-corrected chi connectivity index (χ3v) is 13.2. The third kappa shape index (κ3) is 7.57. The molecule has 1 aliphatic carbocycles. The van der Waals surface area contributed by atoms with Crippen LogP contribution in [-0.2, 0) is 9.59 Å². The van der Waals surface area contributed by atoms with Crippen LogP contribution in [0.1, 0.15) is 82.6 Å². The maximum Gasteiger partial charge on any atom is 0.271 e. The minimum Gasteiger partial charge on any atom is -0.490 e. The number of rotatable bonds is 8. The normalized spacial score (nSPS) is 26.1. The average molecular weight is 824 g/mol. The van der Waals surface area contributed by atoms with Gasteiger partial charge in [0.05, 0.1) is 46.9 Å². The molecule has 306 valence electrons. The summed E-state index contributed by atoms with van der Waals surface area (Å²) in [5.41, 5.74) is 0.985. The molecule has 2 aromatic carbocycles. The van der Waals surface area contributed by atoms with Crippen LogP contribution in [-0.4, -0.2) is 113 Å². The zero-order valence-corrected chi connectivity index (χ0v) is 33.0. The lowest BCUT2D eigenvalue weighted by molar-refractivity contribution is -0.136. The van der Waals surface area contributed by atoms with Gasteiger partial charge in [0.2, 0.25) is 17.5 Å². The number of halogens is 2. The fraction of sp³-hybridized carbons (Fsp3) is 0.476. The molecule has 15 nitrogen and oxygen atoms in total. The molecular weight excluding hydrogens is 781 g/mol. The summed E-state index contributed by atoms with van der Waals surface area (Å²) in [6.07, 6.45) is 8.31. The summed E-state index contributed by atoms with van der Waals surface area (Å²) in [5.74, 6) is -1.28. The predicted molar refractivity (Wildman–Crippen MR) is 213 cm³/mol. The number of nitrogens with zero attached hydrogens (tertiary/aromatic N) is 7. The largest absolute Gasteiger partial charge is 0.490 e. The van der Waals surface area contributed by atoms with E-state index in [1.807, 2.05) is 4.90 Å². The van der Waals surface area contributed by atoms with Crippen LogP contribution in [0, 0.1) is 24.2 Å². The molecule has 17 heteroatoms. The molecule has 59 heavy (non-hydrogen) atoms. The smallest absolute Gasteiger partial charge is 0.271 e. The lowest BCUT2D eigenvalue weighted by atomic mass is 9.93. The number of ether oxygens (including phenoxy) is 1. The second-order valence-corrected chi connectivity index (χ2v) is 16.9. The molecule has 2 N–H and O–H groups in total. The molecule has 1 saturated carbocycles. The van der Waals surface area contributed by atoms with Crippen molar-refractivity contribution in [3.8, 4) is 5.75 Å². The Labute approximate surface area is 345 Å². The quantitative estimate of drug-likeness (QED) is 0.245. The van der Waals surface area contributed by atoms with Crippen molar-refractivity contribution in [2.45, 2.75) is 75.6 Å². The van der Waals surface area contributed by atoms with E-state index in [9.17, 15) is 24.0 Å². The molecular formula is C42H43ClFN9O6. The number of carbonyl (C=O) groups excluding carboxylic acids is 5. The number of carbonyl (C=O) groups is 5. The monoisotopic (exact) mass is 823 g/mol. The van der Waals surface area contributed by atoms with E-state index in [1.54, 1.807) is 30.6 Å². The Hall–Kier alpha value is -5.66. The fourth-order valence-electron chi connectivity index (χ4n) is 9.74. The summed E-state index contributed by atoms with van der Waals surface area (Å²) < 4.78 is 21.6. The van der Waals surface area contributed by atoms with Gasteiger partial charge in [0, 0.05) is 57.8 Å². The Morgan fingerprint density at radius 1 is 0.881 bits per heavy atom. The van der Waals surface area contributed by atoms with Crippen LogP contribution in [0.3, 0.4) is 0 Å². The van der Waals surface area contributed by atoms with Gasteiger partial charge in [-0.15, -0.1) is 0 Å². The van der Waals surface area contributed by atoms with Crippen molar-refractivity contribution in [2.75, 3.05) is 49.1 Å². The highest BCUT2D eigenvalue weighted by atomic mass is 35.5. The highest BCUT2D eigenvalue weighted by Crippen LogP contribution is 2.40. The fourth-order valence-corrected chi connectivity index (χ4v) is 9.95. The number of amides is 5. The molecule has 0 radical (unpaired) electrons. The highest BCUT2D eigenvalue weighted by molar-refractivity contribution is 6.33. The van der Waals surface area contributed by atoms with Crippen LogP contribution in [0.4, 0.5) is 21.6 Å². The first kappa shape index (κ1) is 38.8. The van der Waals surface area contributed by atoms with E-state index in [-0.39, 0.29) is 53.4 Å². The van der Waals surface area contributed by atoms with Gasteiger partial charge in [-0.05, 0) is 81.0 Å². The second-order valence-electron chi connectivity index (χ2n) is 16.4. The van der Waals surface area contributed by atoms with Gasteiger partial charge in [0.25, 0.3) is 17.7 Å². The highest BCUT2D eigenvalue weighted by Gasteiger charge is 2.47. The second kappa shape index (κ2) is 15.8. The summed E-state index contributed by atoms with van der Waals surface area (Å²) >= 11 is 6.15. The minimum atomic E-state index is -1.10. The summed E-state index contributed by atoms with van der Waals surface area (Å²) in [6.45, 7) is 11.8. The molecule has 3 atom stereocenters. The molecule has 4 saturated heterocycles. The molecule has 5 fully saturated rings. The zero-order chi connectivity index (χ0) is 40.9. The van der Waals surface area contributed by atoms with Crippen LogP contribution in [0.5, 0.6) is 5.75 Å². The van der Waals surface area contributed by atoms with E-state index < -0.39 is 35.5 Å². The topological polar surface area (TPSA) is 162 Å². The Bertz CT molecular complexity index is 2240. The van der Waals surface area contributed by atoms with E-state index >= 15 is 4.39 Å². The van der Waals surface area contributed by atoms with Crippen molar-refractivity contribution < 1.29 is 33.1 Å². The number of anilines is 2. The molecule has 1 aromatic heterocycles. The number of piperidine rings is 2. The van der Waals surface area contributed by atoms with Gasteiger partial charge in [-0.2, -0.15) is 0 Å². The number of benzene rings is 2. The number of imide groups is 2. The van der Waals surface area contributed by atoms with Gasteiger partial charge in [0.15, 0.2) is 0 Å². The number of aromatic nitrogens is 2. The predicted octanol–water partition coefficient (Wildman–Crippen LogP) is 4.38. The molecule has 5 aliphatic heterocycles. The lowest BCUT2D eigenvalue weighted by Crippen LogP contribution is -2.54. The molecule has 9 rings (SSSR count). The number of hydrogen-bond donors (Lipinski definition) is 2. The third-order valence-electron chi connectivity index (χ3n) is 12.9. The van der Waals surface area contributed by atoms with E-state index in [1.165, 1.54) is 6.07 Å². The van der Waals surface area contributed by atoms with E-state index in [4.69, 9.17) is 22.9 Å². The van der Waals surface area contributed by atoms with Gasteiger partial charge in [-0.25, -0.2) is 19.2 Å².